The van der Waals surface area contributed by atoms with Crippen LogP contribution in [0.4, 0.5) is 0 Å². The molecule has 0 aliphatic heterocycles. The normalized spacial score (nSPS) is 9.33. The van der Waals surface area contributed by atoms with Gasteiger partial charge in [-0.25, -0.2) is 4.79 Å². The van der Waals surface area contributed by atoms with Crippen molar-refractivity contribution in [2.45, 2.75) is 0 Å². The van der Waals surface area contributed by atoms with Crippen LogP contribution in [0.15, 0.2) is 30.3 Å². The minimum Gasteiger partial charge on any atom is -0.286 e. The van der Waals surface area contributed by atoms with Crippen LogP contribution in [0.1, 0.15) is 10.4 Å². The fourth-order valence-electron chi connectivity index (χ4n) is 0.955. The maximum absolute atomic E-state index is 11.5. The zero-order valence-corrected chi connectivity index (χ0v) is 8.36. The Bertz CT molecular complexity index is 526. The van der Waals surface area contributed by atoms with Gasteiger partial charge in [-0.15, -0.1) is 13.8 Å². The number of nitrogens with two attached hydrogens (primary N) is 1. The molecule has 0 aromatic heterocycles. The summed E-state index contributed by atoms with van der Waals surface area (Å²) >= 11 is 0. The lowest BCUT2D eigenvalue weighted by Crippen LogP contribution is -2.32. The summed E-state index contributed by atoms with van der Waals surface area (Å²) in [4.78, 5) is 11.5. The smallest absolute Gasteiger partial charge is 0.286 e. The van der Waals surface area contributed by atoms with Crippen molar-refractivity contribution in [2.24, 2.45) is 5.73 Å². The van der Waals surface area contributed by atoms with Crippen molar-refractivity contribution < 1.29 is 17.2 Å². The lowest BCUT2D eigenvalue weighted by Gasteiger charge is -1.96. The van der Waals surface area contributed by atoms with Gasteiger partial charge in [-0.2, -0.15) is 0 Å². The lowest BCUT2D eigenvalue weighted by molar-refractivity contribution is -0.279. The topological polar surface area (TPSA) is 104 Å². The van der Waals surface area contributed by atoms with E-state index in [1.165, 1.54) is 12.1 Å². The quantitative estimate of drug-likeness (QED) is 0.393. The molecule has 0 aliphatic carbocycles. The minimum atomic E-state index is -2.88. The minimum absolute atomic E-state index is 0.150. The van der Waals surface area contributed by atoms with E-state index in [-0.39, 0.29) is 9.51 Å². The number of guanidine groups is 1. The molecule has 0 bridgehead atoms. The molecule has 0 fully saturated rings. The first kappa shape index (κ1) is 11.1. The van der Waals surface area contributed by atoms with Crippen molar-refractivity contribution in [1.82, 2.24) is 0 Å². The first-order chi connectivity index (χ1) is 7.04. The van der Waals surface area contributed by atoms with Gasteiger partial charge in [0.15, 0.2) is 0 Å². The van der Waals surface area contributed by atoms with Crippen molar-refractivity contribution in [3.05, 3.63) is 35.9 Å². The maximum atomic E-state index is 11.5. The Kier molecular flexibility index (Phi) is 3.29. The first-order valence-corrected chi connectivity index (χ1v) is 4.90. The predicted molar refractivity (Wildman–Crippen MR) is 51.9 cm³/mol. The lowest BCUT2D eigenvalue weighted by atomic mass is 10.2. The largest absolute Gasteiger partial charge is 0.404 e. The van der Waals surface area contributed by atoms with E-state index in [0.717, 1.165) is 0 Å². The van der Waals surface area contributed by atoms with Gasteiger partial charge in [0.2, 0.25) is 0 Å². The van der Waals surface area contributed by atoms with Gasteiger partial charge in [-0.1, -0.05) is 22.1 Å². The molecular formula is C8H8N3O3S+. The van der Waals surface area contributed by atoms with Gasteiger partial charge >= 0.3 is 22.4 Å². The SMILES string of the molecule is N=C(N)[N+](C(=O)c1ccccc1)=S(=O)=O. The van der Waals surface area contributed by atoms with Crippen molar-refractivity contribution in [3.63, 3.8) is 0 Å². The van der Waals surface area contributed by atoms with Gasteiger partial charge in [0.05, 0.1) is 5.56 Å². The Balaban J connectivity index is 3.27. The van der Waals surface area contributed by atoms with E-state index in [1.807, 2.05) is 0 Å². The highest BCUT2D eigenvalue weighted by molar-refractivity contribution is 7.59. The van der Waals surface area contributed by atoms with E-state index in [2.05, 4.69) is 0 Å². The Morgan fingerprint density at radius 2 is 1.80 bits per heavy atom. The van der Waals surface area contributed by atoms with Crippen LogP contribution in [0, 0.1) is 5.41 Å². The molecule has 0 radical (unpaired) electrons. The van der Waals surface area contributed by atoms with E-state index in [0.29, 0.717) is 0 Å². The monoisotopic (exact) mass is 226 g/mol. The standard InChI is InChI=1S/C8H8N3O3S/c9-8(10)11(15(13)14)7(12)6-4-2-1-3-5-6/h1-5H,(H3,9,10)/q+1. The molecule has 0 saturated carbocycles. The first-order valence-electron chi connectivity index (χ1n) is 3.87. The van der Waals surface area contributed by atoms with Crippen LogP contribution in [0.25, 0.3) is 0 Å². The second-order valence-electron chi connectivity index (χ2n) is 2.57. The Labute approximate surface area is 87.2 Å². The van der Waals surface area contributed by atoms with E-state index in [9.17, 15) is 13.2 Å². The van der Waals surface area contributed by atoms with Gasteiger partial charge in [-0.3, -0.25) is 5.73 Å². The maximum Gasteiger partial charge on any atom is 0.404 e. The van der Waals surface area contributed by atoms with E-state index < -0.39 is 22.4 Å². The summed E-state index contributed by atoms with van der Waals surface area (Å²) < 4.78 is 21.5. The number of hydrogen-bond donors (Lipinski definition) is 2. The summed E-state index contributed by atoms with van der Waals surface area (Å²) in [6, 6.07) is 7.72. The van der Waals surface area contributed by atoms with E-state index in [4.69, 9.17) is 11.1 Å². The van der Waals surface area contributed by atoms with Crippen LogP contribution in [0.2, 0.25) is 0 Å². The fraction of sp³-hybridized carbons (Fsp3) is 0. The molecule has 0 spiro atoms. The molecule has 1 amide bonds. The van der Waals surface area contributed by atoms with Crippen LogP contribution in [-0.4, -0.2) is 24.2 Å². The number of hydrogen-bond acceptors (Lipinski definition) is 4. The van der Waals surface area contributed by atoms with Crippen molar-refractivity contribution >= 4 is 22.4 Å². The highest BCUT2D eigenvalue weighted by Gasteiger charge is 2.21. The molecule has 0 unspecified atom stereocenters. The number of nitrogens with zero attached hydrogens (tertiary/aromatic N) is 1. The average molecular weight is 226 g/mol. The van der Waals surface area contributed by atoms with E-state index in [1.54, 1.807) is 18.2 Å². The molecule has 7 heteroatoms. The number of benzene rings is 1. The third-order valence-electron chi connectivity index (χ3n) is 1.57. The second-order valence-corrected chi connectivity index (χ2v) is 3.37. The van der Waals surface area contributed by atoms with Crippen LogP contribution >= 0.6 is 0 Å². The highest BCUT2D eigenvalue weighted by atomic mass is 32.2. The molecule has 0 aliphatic rings. The second kappa shape index (κ2) is 4.47. The number of amides is 1. The summed E-state index contributed by atoms with van der Waals surface area (Å²) in [5.74, 6) is -1.69. The summed E-state index contributed by atoms with van der Waals surface area (Å²) in [7, 11) is -2.88. The molecular weight excluding hydrogens is 218 g/mol. The Hall–Kier alpha value is -2.02. The third-order valence-corrected chi connectivity index (χ3v) is 2.23. The van der Waals surface area contributed by atoms with Crippen LogP contribution in [0.3, 0.4) is 0 Å². The molecule has 0 heterocycles. The van der Waals surface area contributed by atoms with Gasteiger partial charge in [0.25, 0.3) is 0 Å². The van der Waals surface area contributed by atoms with Gasteiger partial charge in [0.1, 0.15) is 0 Å². The van der Waals surface area contributed by atoms with Crippen molar-refractivity contribution in [2.75, 3.05) is 0 Å². The summed E-state index contributed by atoms with van der Waals surface area (Å²) in [5, 5.41) is 6.95. The molecule has 15 heavy (non-hydrogen) atoms. The molecule has 78 valence electrons. The van der Waals surface area contributed by atoms with Gasteiger partial charge in [-0.05, 0) is 12.1 Å². The molecule has 1 aromatic carbocycles. The van der Waals surface area contributed by atoms with Crippen molar-refractivity contribution in [1.29, 1.82) is 5.41 Å². The predicted octanol–water partition coefficient (Wildman–Crippen LogP) is -0.205. The molecule has 1 aromatic rings. The van der Waals surface area contributed by atoms with Crippen LogP contribution in [-0.2, 0) is 10.5 Å². The van der Waals surface area contributed by atoms with Gasteiger partial charge in [0, 0.05) is 0 Å². The number of nitrogens with one attached hydrogen (secondary N) is 1. The van der Waals surface area contributed by atoms with Crippen molar-refractivity contribution in [3.8, 4) is 0 Å². The fourth-order valence-corrected chi connectivity index (χ4v) is 1.36. The molecule has 3 N–H and O–H groups in total. The molecule has 1 rings (SSSR count). The number of carbonyl (C=O) groups excluding carboxylic acids is 1. The summed E-state index contributed by atoms with van der Waals surface area (Å²) in [6.07, 6.45) is 0. The third kappa shape index (κ3) is 2.47. The Morgan fingerprint density at radius 1 is 1.27 bits per heavy atom. The van der Waals surface area contributed by atoms with Gasteiger partial charge < -0.3 is 0 Å². The van der Waals surface area contributed by atoms with E-state index >= 15 is 0 Å². The zero-order chi connectivity index (χ0) is 11.4. The molecule has 6 nitrogen and oxygen atoms in total. The number of rotatable bonds is 1. The molecule has 0 saturated heterocycles. The summed E-state index contributed by atoms with van der Waals surface area (Å²) in [5.41, 5.74) is 5.12. The zero-order valence-electron chi connectivity index (χ0n) is 7.54. The number of carbonyl (C=O) groups is 1. The molecule has 0 atom stereocenters. The average Bonchev–Trinajstić information content (AvgIpc) is 2.18. The van der Waals surface area contributed by atoms with Crippen LogP contribution < -0.4 is 5.73 Å². The highest BCUT2D eigenvalue weighted by Crippen LogP contribution is 2.00. The Morgan fingerprint density at radius 3 is 2.20 bits per heavy atom. The van der Waals surface area contributed by atoms with Crippen LogP contribution in [0.5, 0.6) is 0 Å². The summed E-state index contributed by atoms with van der Waals surface area (Å²) in [6.45, 7) is 0.